The average molecular weight is 297 g/mol. The van der Waals surface area contributed by atoms with Crippen LogP contribution in [0.4, 0.5) is 0 Å². The molecule has 0 aromatic heterocycles. The van der Waals surface area contributed by atoms with E-state index in [0.717, 1.165) is 0 Å². The normalized spacial score (nSPS) is 29.3. The van der Waals surface area contributed by atoms with E-state index in [9.17, 15) is 0 Å². The highest BCUT2D eigenvalue weighted by atomic mass is 35.5. The van der Waals surface area contributed by atoms with E-state index in [1.165, 1.54) is 87.5 Å². The molecule has 3 rings (SSSR count). The number of rotatable bonds is 0. The van der Waals surface area contributed by atoms with Crippen molar-refractivity contribution in [3.05, 3.63) is 0 Å². The fourth-order valence-electron chi connectivity index (χ4n) is 3.71. The van der Waals surface area contributed by atoms with Gasteiger partial charge in [-0.2, -0.15) is 0 Å². The molecule has 3 saturated heterocycles. The van der Waals surface area contributed by atoms with Crippen molar-refractivity contribution in [3.8, 4) is 0 Å². The van der Waals surface area contributed by atoms with Gasteiger partial charge in [-0.15, -0.1) is 0 Å². The first kappa shape index (κ1) is 16.5. The van der Waals surface area contributed by atoms with Gasteiger partial charge in [0.1, 0.15) is 26.2 Å². The van der Waals surface area contributed by atoms with Crippen molar-refractivity contribution in [1.29, 1.82) is 0 Å². The SMILES string of the molecule is C1C[N+]2(CCN1)CC[N+]1(CCNCC1)CC2.[Cl-].[Cl-]. The van der Waals surface area contributed by atoms with E-state index in [1.54, 1.807) is 0 Å². The molecular formula is C12H26Cl2N4. The molecule has 6 heteroatoms. The molecule has 3 aliphatic heterocycles. The Bertz CT molecular complexity index is 212. The molecule has 0 unspecified atom stereocenters. The number of hydrogen-bond acceptors (Lipinski definition) is 2. The Morgan fingerprint density at radius 3 is 1.00 bits per heavy atom. The highest BCUT2D eigenvalue weighted by Gasteiger charge is 2.42. The zero-order chi connectivity index (χ0) is 10.9. The van der Waals surface area contributed by atoms with E-state index < -0.39 is 0 Å². The summed E-state index contributed by atoms with van der Waals surface area (Å²) in [6.07, 6.45) is 0. The lowest BCUT2D eigenvalue weighted by Gasteiger charge is -2.52. The predicted octanol–water partition coefficient (Wildman–Crippen LogP) is -7.15. The zero-order valence-electron chi connectivity index (χ0n) is 11.1. The zero-order valence-corrected chi connectivity index (χ0v) is 12.6. The van der Waals surface area contributed by atoms with E-state index in [2.05, 4.69) is 10.6 Å². The molecule has 0 aromatic carbocycles. The molecule has 0 atom stereocenters. The molecule has 2 N–H and O–H groups in total. The standard InChI is InChI=1S/C12H26N4.2ClH/c1-5-15(6-2-13-1)9-11-16(12-10-15)7-3-14-4-8-16;;/h13-14H,1-12H2;2*1H/q+2;;/p-2. The Hall–Kier alpha value is 0.420. The summed E-state index contributed by atoms with van der Waals surface area (Å²) in [4.78, 5) is 0. The highest BCUT2D eigenvalue weighted by molar-refractivity contribution is 4.65. The second-order valence-corrected chi connectivity index (χ2v) is 5.97. The lowest BCUT2D eigenvalue weighted by molar-refractivity contribution is -1.03. The molecule has 0 radical (unpaired) electrons. The maximum Gasteiger partial charge on any atom is 0.129 e. The number of quaternary nitrogens is 2. The van der Waals surface area contributed by atoms with Crippen LogP contribution in [0.15, 0.2) is 0 Å². The average Bonchev–Trinajstić information content (AvgIpc) is 2.36. The third-order valence-electron chi connectivity index (χ3n) is 5.15. The van der Waals surface area contributed by atoms with Crippen LogP contribution in [0, 0.1) is 0 Å². The summed E-state index contributed by atoms with van der Waals surface area (Å²) in [6, 6.07) is 0. The quantitative estimate of drug-likeness (QED) is 0.434. The summed E-state index contributed by atoms with van der Waals surface area (Å²) in [5.74, 6) is 0. The summed E-state index contributed by atoms with van der Waals surface area (Å²) in [5.41, 5.74) is 0. The van der Waals surface area contributed by atoms with Gasteiger partial charge in [-0.05, 0) is 0 Å². The minimum absolute atomic E-state index is 0. The van der Waals surface area contributed by atoms with Crippen LogP contribution in [-0.4, -0.2) is 87.5 Å². The van der Waals surface area contributed by atoms with Gasteiger partial charge in [-0.3, -0.25) is 0 Å². The van der Waals surface area contributed by atoms with Crippen molar-refractivity contribution in [2.45, 2.75) is 0 Å². The lowest BCUT2D eigenvalue weighted by Crippen LogP contribution is -3.00. The molecule has 3 fully saturated rings. The molecule has 3 aliphatic rings. The molecule has 108 valence electrons. The first-order valence-electron chi connectivity index (χ1n) is 6.94. The number of nitrogens with zero attached hydrogens (tertiary/aromatic N) is 2. The van der Waals surface area contributed by atoms with Crippen molar-refractivity contribution in [2.75, 3.05) is 78.5 Å². The maximum absolute atomic E-state index is 3.50. The minimum Gasteiger partial charge on any atom is -1.00 e. The van der Waals surface area contributed by atoms with E-state index in [4.69, 9.17) is 0 Å². The molecule has 3 heterocycles. The van der Waals surface area contributed by atoms with Gasteiger partial charge in [-0.25, -0.2) is 0 Å². The third kappa shape index (κ3) is 3.30. The Labute approximate surface area is 123 Å². The molecule has 0 saturated carbocycles. The van der Waals surface area contributed by atoms with Crippen LogP contribution in [0.5, 0.6) is 0 Å². The molecule has 18 heavy (non-hydrogen) atoms. The summed E-state index contributed by atoms with van der Waals surface area (Å²) < 4.78 is 2.83. The van der Waals surface area contributed by atoms with Gasteiger partial charge in [0.05, 0.1) is 26.2 Å². The summed E-state index contributed by atoms with van der Waals surface area (Å²) in [7, 11) is 0. The largest absolute Gasteiger partial charge is 1.00 e. The molecule has 0 aromatic rings. The smallest absolute Gasteiger partial charge is 0.129 e. The van der Waals surface area contributed by atoms with Crippen molar-refractivity contribution in [3.63, 3.8) is 0 Å². The van der Waals surface area contributed by atoms with Gasteiger partial charge in [0.2, 0.25) is 0 Å². The van der Waals surface area contributed by atoms with E-state index in [-0.39, 0.29) is 24.8 Å². The molecule has 4 nitrogen and oxygen atoms in total. The highest BCUT2D eigenvalue weighted by Crippen LogP contribution is 2.20. The summed E-state index contributed by atoms with van der Waals surface area (Å²) in [5, 5.41) is 6.99. The Balaban J connectivity index is 0.000000810. The van der Waals surface area contributed by atoms with Gasteiger partial charge in [0, 0.05) is 26.2 Å². The van der Waals surface area contributed by atoms with Gasteiger partial charge >= 0.3 is 0 Å². The fraction of sp³-hybridized carbons (Fsp3) is 1.00. The molecule has 0 bridgehead atoms. The van der Waals surface area contributed by atoms with Gasteiger partial charge in [-0.1, -0.05) is 0 Å². The molecule has 0 aliphatic carbocycles. The monoisotopic (exact) mass is 296 g/mol. The van der Waals surface area contributed by atoms with Gasteiger partial charge in [0.15, 0.2) is 0 Å². The number of piperazine rings is 3. The molecule has 0 amide bonds. The van der Waals surface area contributed by atoms with Gasteiger partial charge < -0.3 is 44.4 Å². The van der Waals surface area contributed by atoms with Crippen LogP contribution in [-0.2, 0) is 0 Å². The van der Waals surface area contributed by atoms with Crippen LogP contribution in [0.25, 0.3) is 0 Å². The third-order valence-corrected chi connectivity index (χ3v) is 5.15. The van der Waals surface area contributed by atoms with Crippen LogP contribution >= 0.6 is 0 Å². The van der Waals surface area contributed by atoms with E-state index in [1.807, 2.05) is 0 Å². The summed E-state index contributed by atoms with van der Waals surface area (Å²) >= 11 is 0. The van der Waals surface area contributed by atoms with Crippen LogP contribution in [0.1, 0.15) is 0 Å². The minimum atomic E-state index is 0. The lowest BCUT2D eigenvalue weighted by atomic mass is 10.1. The van der Waals surface area contributed by atoms with E-state index >= 15 is 0 Å². The topological polar surface area (TPSA) is 24.1 Å². The number of halogens is 2. The Kier molecular flexibility index (Phi) is 6.16. The Morgan fingerprint density at radius 1 is 0.444 bits per heavy atom. The van der Waals surface area contributed by atoms with Crippen molar-refractivity contribution < 1.29 is 33.8 Å². The van der Waals surface area contributed by atoms with Crippen molar-refractivity contribution in [2.24, 2.45) is 0 Å². The number of hydrogen-bond donors (Lipinski definition) is 2. The predicted molar refractivity (Wildman–Crippen MR) is 65.2 cm³/mol. The van der Waals surface area contributed by atoms with Crippen LogP contribution in [0.3, 0.4) is 0 Å². The first-order valence-corrected chi connectivity index (χ1v) is 6.94. The van der Waals surface area contributed by atoms with E-state index in [0.29, 0.717) is 0 Å². The fourth-order valence-corrected chi connectivity index (χ4v) is 3.71. The number of nitrogens with one attached hydrogen (secondary N) is 2. The first-order chi connectivity index (χ1) is 7.83. The van der Waals surface area contributed by atoms with Crippen molar-refractivity contribution in [1.82, 2.24) is 10.6 Å². The maximum atomic E-state index is 3.50. The second kappa shape index (κ2) is 6.73. The van der Waals surface area contributed by atoms with Crippen LogP contribution in [0.2, 0.25) is 0 Å². The van der Waals surface area contributed by atoms with Crippen LogP contribution < -0.4 is 35.4 Å². The molecule has 2 spiro atoms. The summed E-state index contributed by atoms with van der Waals surface area (Å²) in [6.45, 7) is 16.2. The Morgan fingerprint density at radius 2 is 0.722 bits per heavy atom. The second-order valence-electron chi connectivity index (χ2n) is 5.97. The molecular weight excluding hydrogens is 271 g/mol. The van der Waals surface area contributed by atoms with Gasteiger partial charge in [0.25, 0.3) is 0 Å². The van der Waals surface area contributed by atoms with Crippen molar-refractivity contribution >= 4 is 0 Å².